The normalized spacial score (nSPS) is 12.2. The van der Waals surface area contributed by atoms with Gasteiger partial charge in [-0.05, 0) is 42.7 Å². The number of hydrogen-bond acceptors (Lipinski definition) is 2. The summed E-state index contributed by atoms with van der Waals surface area (Å²) in [5.74, 6) is 0.506. The van der Waals surface area contributed by atoms with Crippen LogP contribution in [0.2, 0.25) is 0 Å². The summed E-state index contributed by atoms with van der Waals surface area (Å²) in [6, 6.07) is 12.5. The van der Waals surface area contributed by atoms with E-state index >= 15 is 0 Å². The van der Waals surface area contributed by atoms with Crippen molar-refractivity contribution >= 4 is 15.9 Å². The molecule has 2 rings (SSSR count). The van der Waals surface area contributed by atoms with Crippen LogP contribution < -0.4 is 10.5 Å². The summed E-state index contributed by atoms with van der Waals surface area (Å²) < 4.78 is 20.4. The number of benzene rings is 2. The van der Waals surface area contributed by atoms with Gasteiger partial charge in [-0.25, -0.2) is 4.39 Å². The average Bonchev–Trinajstić information content (AvgIpc) is 2.48. The van der Waals surface area contributed by atoms with Crippen molar-refractivity contribution in [1.82, 2.24) is 0 Å². The van der Waals surface area contributed by atoms with E-state index in [-0.39, 0.29) is 18.5 Å². The smallest absolute Gasteiger partial charge is 0.129 e. The summed E-state index contributed by atoms with van der Waals surface area (Å²) in [5, 5.41) is 0. The van der Waals surface area contributed by atoms with Gasteiger partial charge in [0.15, 0.2) is 0 Å². The van der Waals surface area contributed by atoms with Crippen LogP contribution in [0.3, 0.4) is 0 Å². The Kier molecular flexibility index (Phi) is 5.76. The van der Waals surface area contributed by atoms with Gasteiger partial charge in [-0.2, -0.15) is 0 Å². The topological polar surface area (TPSA) is 35.2 Å². The zero-order valence-corrected chi connectivity index (χ0v) is 13.6. The molecular formula is C17H19BrFNO. The largest absolute Gasteiger partial charge is 0.489 e. The molecule has 0 bridgehead atoms. The van der Waals surface area contributed by atoms with E-state index in [2.05, 4.69) is 22.9 Å². The van der Waals surface area contributed by atoms with Crippen LogP contribution in [-0.4, -0.2) is 6.04 Å². The van der Waals surface area contributed by atoms with Crippen LogP contribution in [0.15, 0.2) is 46.9 Å². The SMILES string of the molecule is CCC(N)Cc1cc(Br)ccc1OCc1ccccc1F. The first-order valence-corrected chi connectivity index (χ1v) is 7.79. The minimum Gasteiger partial charge on any atom is -0.489 e. The highest BCUT2D eigenvalue weighted by molar-refractivity contribution is 9.10. The van der Waals surface area contributed by atoms with E-state index in [1.165, 1.54) is 6.07 Å². The Hall–Kier alpha value is -1.39. The number of rotatable bonds is 6. The third kappa shape index (κ3) is 4.55. The second-order valence-corrected chi connectivity index (χ2v) is 5.92. The molecule has 2 N–H and O–H groups in total. The van der Waals surface area contributed by atoms with Crippen molar-refractivity contribution < 1.29 is 9.13 Å². The van der Waals surface area contributed by atoms with Crippen LogP contribution in [0.5, 0.6) is 5.75 Å². The molecule has 0 aliphatic carbocycles. The van der Waals surface area contributed by atoms with Crippen molar-refractivity contribution in [2.45, 2.75) is 32.4 Å². The minimum atomic E-state index is -0.249. The fourth-order valence-corrected chi connectivity index (χ4v) is 2.45. The molecule has 2 aromatic carbocycles. The van der Waals surface area contributed by atoms with E-state index in [1.54, 1.807) is 18.2 Å². The van der Waals surface area contributed by atoms with E-state index < -0.39 is 0 Å². The Morgan fingerprint density at radius 3 is 2.67 bits per heavy atom. The van der Waals surface area contributed by atoms with Gasteiger partial charge in [0, 0.05) is 16.1 Å². The quantitative estimate of drug-likeness (QED) is 0.834. The minimum absolute atomic E-state index is 0.0927. The molecule has 0 aliphatic heterocycles. The van der Waals surface area contributed by atoms with Crippen LogP contribution in [0.4, 0.5) is 4.39 Å². The molecule has 0 amide bonds. The van der Waals surface area contributed by atoms with E-state index in [0.29, 0.717) is 5.56 Å². The lowest BCUT2D eigenvalue weighted by Gasteiger charge is -2.15. The summed E-state index contributed by atoms with van der Waals surface area (Å²) >= 11 is 3.46. The maximum absolute atomic E-state index is 13.6. The van der Waals surface area contributed by atoms with Gasteiger partial charge >= 0.3 is 0 Å². The predicted molar refractivity (Wildman–Crippen MR) is 86.8 cm³/mol. The standard InChI is InChI=1S/C17H19BrFNO/c1-2-15(20)10-13-9-14(18)7-8-17(13)21-11-12-5-3-4-6-16(12)19/h3-9,15H,2,10-11,20H2,1H3. The van der Waals surface area contributed by atoms with E-state index in [4.69, 9.17) is 10.5 Å². The molecule has 21 heavy (non-hydrogen) atoms. The third-order valence-corrected chi connectivity index (χ3v) is 3.86. The molecule has 0 radical (unpaired) electrons. The van der Waals surface area contributed by atoms with Gasteiger partial charge in [0.1, 0.15) is 18.2 Å². The lowest BCUT2D eigenvalue weighted by Crippen LogP contribution is -2.21. The molecular weight excluding hydrogens is 333 g/mol. The number of ether oxygens (including phenoxy) is 1. The first-order valence-electron chi connectivity index (χ1n) is 7.00. The molecule has 0 saturated heterocycles. The van der Waals surface area contributed by atoms with Gasteiger partial charge in [0.2, 0.25) is 0 Å². The molecule has 2 aromatic rings. The van der Waals surface area contributed by atoms with Crippen LogP contribution in [0, 0.1) is 5.82 Å². The summed E-state index contributed by atoms with van der Waals surface area (Å²) in [6.45, 7) is 2.27. The van der Waals surface area contributed by atoms with Crippen molar-refractivity contribution in [2.75, 3.05) is 0 Å². The van der Waals surface area contributed by atoms with Crippen molar-refractivity contribution in [3.63, 3.8) is 0 Å². The van der Waals surface area contributed by atoms with Gasteiger partial charge in [-0.1, -0.05) is 41.1 Å². The maximum atomic E-state index is 13.6. The fraction of sp³-hybridized carbons (Fsp3) is 0.294. The summed E-state index contributed by atoms with van der Waals surface area (Å²) in [7, 11) is 0. The zero-order valence-electron chi connectivity index (χ0n) is 12.0. The summed E-state index contributed by atoms with van der Waals surface area (Å²) in [4.78, 5) is 0. The van der Waals surface area contributed by atoms with E-state index in [0.717, 1.165) is 28.6 Å². The van der Waals surface area contributed by atoms with Gasteiger partial charge < -0.3 is 10.5 Å². The van der Waals surface area contributed by atoms with E-state index in [9.17, 15) is 4.39 Å². The van der Waals surface area contributed by atoms with Crippen LogP contribution in [0.1, 0.15) is 24.5 Å². The number of hydrogen-bond donors (Lipinski definition) is 1. The second-order valence-electron chi connectivity index (χ2n) is 5.00. The average molecular weight is 352 g/mol. The molecule has 2 nitrogen and oxygen atoms in total. The van der Waals surface area contributed by atoms with Crippen LogP contribution in [-0.2, 0) is 13.0 Å². The molecule has 0 spiro atoms. The Morgan fingerprint density at radius 1 is 1.19 bits per heavy atom. The molecule has 1 atom stereocenters. The zero-order chi connectivity index (χ0) is 15.2. The highest BCUT2D eigenvalue weighted by Gasteiger charge is 2.10. The Balaban J connectivity index is 2.14. The van der Waals surface area contributed by atoms with Gasteiger partial charge in [-0.15, -0.1) is 0 Å². The highest BCUT2D eigenvalue weighted by Crippen LogP contribution is 2.26. The third-order valence-electron chi connectivity index (χ3n) is 3.37. The van der Waals surface area contributed by atoms with Gasteiger partial charge in [0.25, 0.3) is 0 Å². The Labute approximate surface area is 133 Å². The molecule has 0 aliphatic rings. The van der Waals surface area contributed by atoms with Crippen molar-refractivity contribution in [3.05, 3.63) is 63.9 Å². The second kappa shape index (κ2) is 7.57. The monoisotopic (exact) mass is 351 g/mol. The van der Waals surface area contributed by atoms with Crippen molar-refractivity contribution in [1.29, 1.82) is 0 Å². The lowest BCUT2D eigenvalue weighted by molar-refractivity contribution is 0.296. The van der Waals surface area contributed by atoms with Gasteiger partial charge in [-0.3, -0.25) is 0 Å². The molecule has 0 saturated carbocycles. The molecule has 0 heterocycles. The maximum Gasteiger partial charge on any atom is 0.129 e. The summed E-state index contributed by atoms with van der Waals surface area (Å²) in [5.41, 5.74) is 7.61. The lowest BCUT2D eigenvalue weighted by atomic mass is 10.0. The Bertz CT molecular complexity index is 603. The number of halogens is 2. The summed E-state index contributed by atoms with van der Waals surface area (Å²) in [6.07, 6.45) is 1.64. The van der Waals surface area contributed by atoms with Gasteiger partial charge in [0.05, 0.1) is 0 Å². The molecule has 1 unspecified atom stereocenters. The molecule has 0 fully saturated rings. The molecule has 4 heteroatoms. The van der Waals surface area contributed by atoms with Crippen LogP contribution >= 0.6 is 15.9 Å². The van der Waals surface area contributed by atoms with Crippen molar-refractivity contribution in [2.24, 2.45) is 5.73 Å². The first kappa shape index (κ1) is 16.0. The Morgan fingerprint density at radius 2 is 1.95 bits per heavy atom. The predicted octanol–water partition coefficient (Wildman–Crippen LogP) is 4.45. The first-order chi connectivity index (χ1) is 10.1. The highest BCUT2D eigenvalue weighted by atomic mass is 79.9. The van der Waals surface area contributed by atoms with E-state index in [1.807, 2.05) is 18.2 Å². The van der Waals surface area contributed by atoms with Crippen molar-refractivity contribution in [3.8, 4) is 5.75 Å². The molecule has 112 valence electrons. The number of nitrogens with two attached hydrogens (primary N) is 1. The van der Waals surface area contributed by atoms with Crippen LogP contribution in [0.25, 0.3) is 0 Å². The molecule has 0 aromatic heterocycles. The fourth-order valence-electron chi connectivity index (χ4n) is 2.05.